The first-order valence-corrected chi connectivity index (χ1v) is 4.94. The van der Waals surface area contributed by atoms with E-state index < -0.39 is 0 Å². The second-order valence-electron chi connectivity index (χ2n) is 3.34. The first kappa shape index (κ1) is 10.8. The third-order valence-electron chi connectivity index (χ3n) is 2.36. The first-order chi connectivity index (χ1) is 6.60. The van der Waals surface area contributed by atoms with Gasteiger partial charge in [0, 0.05) is 25.6 Å². The Morgan fingerprint density at radius 2 is 1.93 bits per heavy atom. The molecule has 0 fully saturated rings. The molecule has 0 radical (unpaired) electrons. The molecule has 1 heterocycles. The molecule has 0 saturated heterocycles. The Morgan fingerprint density at radius 1 is 1.29 bits per heavy atom. The lowest BCUT2D eigenvalue weighted by Gasteiger charge is -2.19. The first-order valence-electron chi connectivity index (χ1n) is 4.94. The second kappa shape index (κ2) is 4.26. The third kappa shape index (κ3) is 1.95. The molecule has 1 aromatic rings. The van der Waals surface area contributed by atoms with Gasteiger partial charge < -0.3 is 10.6 Å². The minimum absolute atomic E-state index is 0.590. The molecule has 1 rings (SSSR count). The normalized spacial score (nSPS) is 10.3. The van der Waals surface area contributed by atoms with Crippen LogP contribution in [0.1, 0.15) is 25.2 Å². The van der Waals surface area contributed by atoms with Crippen LogP contribution in [-0.2, 0) is 6.42 Å². The van der Waals surface area contributed by atoms with Gasteiger partial charge in [0.05, 0.1) is 0 Å². The van der Waals surface area contributed by atoms with Crippen molar-refractivity contribution in [3.05, 3.63) is 11.4 Å². The maximum Gasteiger partial charge on any atom is 0.137 e. The molecule has 0 aliphatic heterocycles. The van der Waals surface area contributed by atoms with E-state index in [0.29, 0.717) is 5.82 Å². The van der Waals surface area contributed by atoms with Crippen LogP contribution in [0.4, 0.5) is 11.6 Å². The fourth-order valence-corrected chi connectivity index (χ4v) is 1.25. The monoisotopic (exact) mass is 194 g/mol. The summed E-state index contributed by atoms with van der Waals surface area (Å²) in [5, 5.41) is 0. The van der Waals surface area contributed by atoms with Gasteiger partial charge in [0.1, 0.15) is 17.5 Å². The van der Waals surface area contributed by atoms with Crippen LogP contribution in [0.15, 0.2) is 0 Å². The Bertz CT molecular complexity index is 322. The molecule has 0 aliphatic rings. The maximum absolute atomic E-state index is 5.81. The fourth-order valence-electron chi connectivity index (χ4n) is 1.25. The van der Waals surface area contributed by atoms with Gasteiger partial charge in [0.15, 0.2) is 0 Å². The molecule has 0 atom stereocenters. The largest absolute Gasteiger partial charge is 0.383 e. The summed E-state index contributed by atoms with van der Waals surface area (Å²) >= 11 is 0. The SMILES string of the molecule is CCc1nc(N)c(C)c(N(C)CC)n1. The van der Waals surface area contributed by atoms with E-state index in [0.717, 1.165) is 30.2 Å². The molecular weight excluding hydrogens is 176 g/mol. The van der Waals surface area contributed by atoms with E-state index in [2.05, 4.69) is 21.8 Å². The number of aromatic nitrogens is 2. The third-order valence-corrected chi connectivity index (χ3v) is 2.36. The number of nitrogens with two attached hydrogens (primary N) is 1. The standard InChI is InChI=1S/C10H18N4/c1-5-8-12-9(11)7(3)10(13-8)14(4)6-2/h5-6H2,1-4H3,(H2,11,12,13). The highest BCUT2D eigenvalue weighted by Crippen LogP contribution is 2.20. The van der Waals surface area contributed by atoms with Gasteiger partial charge in [0.25, 0.3) is 0 Å². The quantitative estimate of drug-likeness (QED) is 0.790. The number of nitrogens with zero attached hydrogens (tertiary/aromatic N) is 3. The van der Waals surface area contributed by atoms with Crippen molar-refractivity contribution in [3.63, 3.8) is 0 Å². The molecule has 14 heavy (non-hydrogen) atoms. The number of anilines is 2. The van der Waals surface area contributed by atoms with Crippen molar-refractivity contribution >= 4 is 11.6 Å². The van der Waals surface area contributed by atoms with Crippen molar-refractivity contribution in [2.75, 3.05) is 24.2 Å². The Labute approximate surface area is 85.2 Å². The van der Waals surface area contributed by atoms with Crippen LogP contribution in [0.3, 0.4) is 0 Å². The van der Waals surface area contributed by atoms with Gasteiger partial charge in [-0.2, -0.15) is 0 Å². The molecule has 0 aliphatic carbocycles. The Hall–Kier alpha value is -1.32. The van der Waals surface area contributed by atoms with Gasteiger partial charge in [-0.3, -0.25) is 0 Å². The lowest BCUT2D eigenvalue weighted by atomic mass is 10.3. The van der Waals surface area contributed by atoms with E-state index in [1.54, 1.807) is 0 Å². The van der Waals surface area contributed by atoms with Gasteiger partial charge in [-0.1, -0.05) is 6.92 Å². The highest BCUT2D eigenvalue weighted by Gasteiger charge is 2.10. The van der Waals surface area contributed by atoms with Crippen molar-refractivity contribution in [2.24, 2.45) is 0 Å². The van der Waals surface area contributed by atoms with Crippen LogP contribution < -0.4 is 10.6 Å². The van der Waals surface area contributed by atoms with Crippen LogP contribution in [0, 0.1) is 6.92 Å². The topological polar surface area (TPSA) is 55.0 Å². The zero-order valence-electron chi connectivity index (χ0n) is 9.33. The highest BCUT2D eigenvalue weighted by molar-refractivity contribution is 5.55. The molecule has 0 amide bonds. The van der Waals surface area contributed by atoms with Crippen LogP contribution in [-0.4, -0.2) is 23.6 Å². The van der Waals surface area contributed by atoms with E-state index in [4.69, 9.17) is 5.73 Å². The Morgan fingerprint density at radius 3 is 2.43 bits per heavy atom. The van der Waals surface area contributed by atoms with Crippen LogP contribution in [0.5, 0.6) is 0 Å². The van der Waals surface area contributed by atoms with Crippen molar-refractivity contribution in [3.8, 4) is 0 Å². The molecule has 2 N–H and O–H groups in total. The summed E-state index contributed by atoms with van der Waals surface area (Å²) in [6.45, 7) is 6.99. The smallest absolute Gasteiger partial charge is 0.137 e. The molecule has 0 saturated carbocycles. The van der Waals surface area contributed by atoms with Gasteiger partial charge in [-0.15, -0.1) is 0 Å². The molecule has 4 heteroatoms. The summed E-state index contributed by atoms with van der Waals surface area (Å²) in [7, 11) is 2.01. The van der Waals surface area contributed by atoms with Crippen molar-refractivity contribution < 1.29 is 0 Å². The lowest BCUT2D eigenvalue weighted by molar-refractivity contribution is 0.874. The minimum Gasteiger partial charge on any atom is -0.383 e. The Balaban J connectivity index is 3.20. The van der Waals surface area contributed by atoms with Crippen LogP contribution >= 0.6 is 0 Å². The highest BCUT2D eigenvalue weighted by atomic mass is 15.2. The van der Waals surface area contributed by atoms with Crippen molar-refractivity contribution in [1.29, 1.82) is 0 Å². The number of hydrogen-bond acceptors (Lipinski definition) is 4. The number of rotatable bonds is 3. The number of nitrogen functional groups attached to an aromatic ring is 1. The van der Waals surface area contributed by atoms with Gasteiger partial charge >= 0.3 is 0 Å². The molecule has 0 aromatic carbocycles. The summed E-state index contributed by atoms with van der Waals surface area (Å²) < 4.78 is 0. The molecule has 0 bridgehead atoms. The van der Waals surface area contributed by atoms with E-state index in [1.807, 2.05) is 20.9 Å². The maximum atomic E-state index is 5.81. The van der Waals surface area contributed by atoms with Crippen molar-refractivity contribution in [1.82, 2.24) is 9.97 Å². The predicted molar refractivity (Wildman–Crippen MR) is 59.5 cm³/mol. The second-order valence-corrected chi connectivity index (χ2v) is 3.34. The summed E-state index contributed by atoms with van der Waals surface area (Å²) in [5.74, 6) is 2.34. The van der Waals surface area contributed by atoms with Crippen LogP contribution in [0.25, 0.3) is 0 Å². The molecule has 1 aromatic heterocycles. The molecule has 4 nitrogen and oxygen atoms in total. The average molecular weight is 194 g/mol. The zero-order valence-corrected chi connectivity index (χ0v) is 9.33. The van der Waals surface area contributed by atoms with Crippen LogP contribution in [0.2, 0.25) is 0 Å². The number of aryl methyl sites for hydroxylation is 1. The van der Waals surface area contributed by atoms with E-state index in [9.17, 15) is 0 Å². The predicted octanol–water partition coefficient (Wildman–Crippen LogP) is 1.39. The molecular formula is C10H18N4. The summed E-state index contributed by atoms with van der Waals surface area (Å²) in [5.41, 5.74) is 6.78. The van der Waals surface area contributed by atoms with E-state index in [1.165, 1.54) is 0 Å². The summed E-state index contributed by atoms with van der Waals surface area (Å²) in [6.07, 6.45) is 0.815. The minimum atomic E-state index is 0.590. The van der Waals surface area contributed by atoms with Gasteiger partial charge in [0.2, 0.25) is 0 Å². The lowest BCUT2D eigenvalue weighted by Crippen LogP contribution is -2.20. The summed E-state index contributed by atoms with van der Waals surface area (Å²) in [6, 6.07) is 0. The molecule has 0 unspecified atom stereocenters. The zero-order chi connectivity index (χ0) is 10.7. The molecule has 78 valence electrons. The number of hydrogen-bond donors (Lipinski definition) is 1. The summed E-state index contributed by atoms with van der Waals surface area (Å²) in [4.78, 5) is 10.7. The molecule has 0 spiro atoms. The van der Waals surface area contributed by atoms with E-state index >= 15 is 0 Å². The fraction of sp³-hybridized carbons (Fsp3) is 0.600. The van der Waals surface area contributed by atoms with Crippen molar-refractivity contribution in [2.45, 2.75) is 27.2 Å². The van der Waals surface area contributed by atoms with E-state index in [-0.39, 0.29) is 0 Å². The van der Waals surface area contributed by atoms with Gasteiger partial charge in [-0.05, 0) is 13.8 Å². The van der Waals surface area contributed by atoms with Gasteiger partial charge in [-0.25, -0.2) is 9.97 Å². The Kier molecular flexibility index (Phi) is 3.28. The average Bonchev–Trinajstić information content (AvgIpc) is 2.20.